The van der Waals surface area contributed by atoms with Crippen LogP contribution < -0.4 is 15.4 Å². The topological polar surface area (TPSA) is 67.4 Å². The lowest BCUT2D eigenvalue weighted by Gasteiger charge is -2.38. The van der Waals surface area contributed by atoms with E-state index in [-0.39, 0.29) is 23.1 Å². The molecule has 1 saturated carbocycles. The highest BCUT2D eigenvalue weighted by Crippen LogP contribution is 2.56. The first-order valence-electron chi connectivity index (χ1n) is 11.7. The third kappa shape index (κ3) is 4.21. The molecule has 34 heavy (non-hydrogen) atoms. The summed E-state index contributed by atoms with van der Waals surface area (Å²) < 4.78 is 5.37. The Morgan fingerprint density at radius 2 is 1.59 bits per heavy atom. The predicted octanol–water partition coefficient (Wildman–Crippen LogP) is 5.11. The van der Waals surface area contributed by atoms with Crippen LogP contribution in [0, 0.1) is 5.92 Å². The molecule has 0 saturated heterocycles. The second kappa shape index (κ2) is 9.18. The second-order valence-electron chi connectivity index (χ2n) is 9.05. The molecule has 2 unspecified atom stereocenters. The molecule has 0 aliphatic heterocycles. The van der Waals surface area contributed by atoms with Gasteiger partial charge in [0.05, 0.1) is 12.7 Å². The summed E-state index contributed by atoms with van der Waals surface area (Å²) in [6.07, 6.45) is 2.56. The number of nitrogens with one attached hydrogen (secondary N) is 2. The van der Waals surface area contributed by atoms with Gasteiger partial charge in [-0.1, -0.05) is 66.2 Å². The van der Waals surface area contributed by atoms with E-state index in [9.17, 15) is 9.59 Å². The van der Waals surface area contributed by atoms with Gasteiger partial charge in [-0.2, -0.15) is 0 Å². The van der Waals surface area contributed by atoms with Gasteiger partial charge in [-0.25, -0.2) is 0 Å². The molecule has 5 heteroatoms. The number of carbonyl (C=O) groups excluding carboxylic acids is 2. The molecule has 2 aliphatic carbocycles. The van der Waals surface area contributed by atoms with Crippen molar-refractivity contribution in [3.05, 3.63) is 107 Å². The first-order chi connectivity index (χ1) is 16.6. The summed E-state index contributed by atoms with van der Waals surface area (Å²) in [5.41, 5.74) is 4.47. The van der Waals surface area contributed by atoms with Crippen LogP contribution in [-0.4, -0.2) is 25.5 Å². The fraction of sp³-hybridized carbons (Fsp3) is 0.241. The van der Waals surface area contributed by atoms with E-state index >= 15 is 0 Å². The highest BCUT2D eigenvalue weighted by molar-refractivity contribution is 6.08. The number of ether oxygens (including phenoxy) is 1. The van der Waals surface area contributed by atoms with Gasteiger partial charge in [0.1, 0.15) is 5.75 Å². The first kappa shape index (κ1) is 22.0. The van der Waals surface area contributed by atoms with E-state index < -0.39 is 0 Å². The molecule has 0 spiro atoms. The molecule has 3 aromatic carbocycles. The number of carbonyl (C=O) groups is 2. The maximum atomic E-state index is 13.0. The molecule has 0 aromatic heterocycles. The van der Waals surface area contributed by atoms with E-state index in [0.29, 0.717) is 17.9 Å². The van der Waals surface area contributed by atoms with Gasteiger partial charge in [0, 0.05) is 29.1 Å². The summed E-state index contributed by atoms with van der Waals surface area (Å²) in [5, 5.41) is 6.20. The minimum absolute atomic E-state index is 0.00637. The molecule has 0 bridgehead atoms. The maximum Gasteiger partial charge on any atom is 0.255 e. The first-order valence-corrected chi connectivity index (χ1v) is 11.7. The standard InChI is InChI=1S/C29H28N2O3/c1-34-25-15-9-8-14-23(25)27(32)30-19-29(20-10-4-2-5-11-20)17-16-22-24(18-29)26(22)28(33)31-21-12-6-3-7-13-21/h2-15,24H,16-19H2,1H3,(H,30,32)(H,31,33). The Labute approximate surface area is 199 Å². The molecule has 2 aliphatic rings. The molecule has 3 aromatic rings. The van der Waals surface area contributed by atoms with Crippen LogP contribution in [-0.2, 0) is 10.2 Å². The molecule has 5 nitrogen and oxygen atoms in total. The number of anilines is 1. The molecular formula is C29H28N2O3. The van der Waals surface area contributed by atoms with Crippen LogP contribution in [0.1, 0.15) is 35.2 Å². The average molecular weight is 453 g/mol. The number of hydrogen-bond donors (Lipinski definition) is 2. The van der Waals surface area contributed by atoms with Crippen molar-refractivity contribution in [1.29, 1.82) is 0 Å². The predicted molar refractivity (Wildman–Crippen MR) is 133 cm³/mol. The summed E-state index contributed by atoms with van der Waals surface area (Å²) in [5.74, 6) is 0.571. The largest absolute Gasteiger partial charge is 0.496 e. The fourth-order valence-corrected chi connectivity index (χ4v) is 5.24. The number of allylic oxidation sites excluding steroid dienone is 1. The zero-order valence-corrected chi connectivity index (χ0v) is 19.2. The number of para-hydroxylation sites is 2. The summed E-state index contributed by atoms with van der Waals surface area (Å²) in [4.78, 5) is 26.0. The van der Waals surface area contributed by atoms with Crippen molar-refractivity contribution in [3.63, 3.8) is 0 Å². The van der Waals surface area contributed by atoms with E-state index in [1.165, 1.54) is 11.1 Å². The lowest BCUT2D eigenvalue weighted by molar-refractivity contribution is -0.112. The van der Waals surface area contributed by atoms with Gasteiger partial charge in [-0.15, -0.1) is 0 Å². The summed E-state index contributed by atoms with van der Waals surface area (Å²) in [6.45, 7) is 0.505. The van der Waals surface area contributed by atoms with Gasteiger partial charge in [0.15, 0.2) is 0 Å². The van der Waals surface area contributed by atoms with E-state index in [1.54, 1.807) is 19.2 Å². The highest BCUT2D eigenvalue weighted by atomic mass is 16.5. The number of hydrogen-bond acceptors (Lipinski definition) is 3. The maximum absolute atomic E-state index is 13.0. The molecule has 1 fully saturated rings. The van der Waals surface area contributed by atoms with Crippen molar-refractivity contribution in [2.75, 3.05) is 19.0 Å². The van der Waals surface area contributed by atoms with Crippen LogP contribution in [0.3, 0.4) is 0 Å². The van der Waals surface area contributed by atoms with Crippen LogP contribution in [0.25, 0.3) is 0 Å². The number of methoxy groups -OCH3 is 1. The quantitative estimate of drug-likeness (QED) is 0.523. The Morgan fingerprint density at radius 3 is 2.32 bits per heavy atom. The van der Waals surface area contributed by atoms with Crippen molar-refractivity contribution < 1.29 is 14.3 Å². The van der Waals surface area contributed by atoms with Gasteiger partial charge in [-0.3, -0.25) is 9.59 Å². The molecule has 0 radical (unpaired) electrons. The Kier molecular flexibility index (Phi) is 5.93. The fourth-order valence-electron chi connectivity index (χ4n) is 5.24. The van der Waals surface area contributed by atoms with Gasteiger partial charge >= 0.3 is 0 Å². The van der Waals surface area contributed by atoms with Crippen LogP contribution >= 0.6 is 0 Å². The normalized spacial score (nSPS) is 20.8. The molecule has 2 amide bonds. The molecular weight excluding hydrogens is 424 g/mol. The smallest absolute Gasteiger partial charge is 0.255 e. The van der Waals surface area contributed by atoms with E-state index in [4.69, 9.17) is 4.74 Å². The third-order valence-electron chi connectivity index (χ3n) is 7.10. The van der Waals surface area contributed by atoms with Crippen molar-refractivity contribution in [3.8, 4) is 5.75 Å². The number of fused-ring (bicyclic) bond motifs is 1. The second-order valence-corrected chi connectivity index (χ2v) is 9.05. The summed E-state index contributed by atoms with van der Waals surface area (Å²) >= 11 is 0. The number of amides is 2. The Morgan fingerprint density at radius 1 is 0.912 bits per heavy atom. The highest BCUT2D eigenvalue weighted by Gasteiger charge is 2.51. The van der Waals surface area contributed by atoms with E-state index in [2.05, 4.69) is 22.8 Å². The van der Waals surface area contributed by atoms with Crippen molar-refractivity contribution in [2.45, 2.75) is 24.7 Å². The zero-order chi connectivity index (χ0) is 23.5. The number of benzene rings is 3. The molecule has 172 valence electrons. The van der Waals surface area contributed by atoms with Gasteiger partial charge < -0.3 is 15.4 Å². The molecule has 5 rings (SSSR count). The minimum Gasteiger partial charge on any atom is -0.496 e. The van der Waals surface area contributed by atoms with Crippen LogP contribution in [0.2, 0.25) is 0 Å². The summed E-state index contributed by atoms with van der Waals surface area (Å²) in [7, 11) is 1.57. The van der Waals surface area contributed by atoms with Gasteiger partial charge in [0.2, 0.25) is 0 Å². The lowest BCUT2D eigenvalue weighted by atomic mass is 9.68. The minimum atomic E-state index is -0.234. The van der Waals surface area contributed by atoms with Gasteiger partial charge in [-0.05, 0) is 49.1 Å². The van der Waals surface area contributed by atoms with E-state index in [0.717, 1.165) is 30.5 Å². The number of rotatable bonds is 7. The molecule has 2 N–H and O–H groups in total. The SMILES string of the molecule is COc1ccccc1C(=O)NCC1(c2ccccc2)CCC2=C(C(=O)Nc3ccccc3)C2C1. The van der Waals surface area contributed by atoms with Crippen molar-refractivity contribution in [2.24, 2.45) is 5.92 Å². The van der Waals surface area contributed by atoms with Crippen molar-refractivity contribution >= 4 is 17.5 Å². The van der Waals surface area contributed by atoms with Crippen LogP contribution in [0.4, 0.5) is 5.69 Å². The van der Waals surface area contributed by atoms with Crippen LogP contribution in [0.15, 0.2) is 96.1 Å². The Balaban J connectivity index is 1.33. The van der Waals surface area contributed by atoms with E-state index in [1.807, 2.05) is 60.7 Å². The average Bonchev–Trinajstić information content (AvgIpc) is 3.61. The Bertz CT molecular complexity index is 1240. The lowest BCUT2D eigenvalue weighted by Crippen LogP contribution is -2.43. The molecule has 2 atom stereocenters. The van der Waals surface area contributed by atoms with Crippen molar-refractivity contribution in [1.82, 2.24) is 5.32 Å². The monoisotopic (exact) mass is 452 g/mol. The van der Waals surface area contributed by atoms with Gasteiger partial charge in [0.25, 0.3) is 11.8 Å². The molecule has 0 heterocycles. The zero-order valence-electron chi connectivity index (χ0n) is 19.2. The summed E-state index contributed by atoms with van der Waals surface area (Å²) in [6, 6.07) is 27.2. The third-order valence-corrected chi connectivity index (χ3v) is 7.10. The van der Waals surface area contributed by atoms with Crippen LogP contribution in [0.5, 0.6) is 5.75 Å². The Hall–Kier alpha value is -3.86.